The van der Waals surface area contributed by atoms with Crippen LogP contribution in [-0.4, -0.2) is 12.6 Å². The zero-order valence-corrected chi connectivity index (χ0v) is 7.18. The summed E-state index contributed by atoms with van der Waals surface area (Å²) in [6.45, 7) is 0. The molecule has 0 heterocycles. The molecule has 0 aliphatic rings. The molecular weight excluding hydrogens is 198 g/mol. The van der Waals surface area contributed by atoms with Crippen LogP contribution in [0.4, 0.5) is 17.6 Å². The van der Waals surface area contributed by atoms with E-state index in [-0.39, 0.29) is 6.42 Å². The Bertz CT molecular complexity index is 270. The first-order valence-corrected chi connectivity index (χ1v) is 4.00. The minimum absolute atomic E-state index is 0.291. The van der Waals surface area contributed by atoms with Gasteiger partial charge in [-0.05, 0) is 5.56 Å². The maximum atomic E-state index is 12.8. The van der Waals surface area contributed by atoms with Crippen LogP contribution in [0.5, 0.6) is 0 Å². The molecule has 0 aliphatic carbocycles. The third-order valence-corrected chi connectivity index (χ3v) is 1.58. The van der Waals surface area contributed by atoms with Gasteiger partial charge >= 0.3 is 6.30 Å². The van der Waals surface area contributed by atoms with E-state index < -0.39 is 12.6 Å². The first-order valence-electron chi connectivity index (χ1n) is 4.00. The van der Waals surface area contributed by atoms with Gasteiger partial charge in [-0.15, -0.1) is 0 Å². The highest BCUT2D eigenvalue weighted by atomic mass is 19.4. The lowest BCUT2D eigenvalue weighted by atomic mass is 10.1. The number of rotatable bonds is 3. The Morgan fingerprint density at radius 1 is 1.14 bits per heavy atom. The second kappa shape index (κ2) is 4.41. The summed E-state index contributed by atoms with van der Waals surface area (Å²) in [5, 5.41) is 0.901. The van der Waals surface area contributed by atoms with Crippen LogP contribution in [0.1, 0.15) is 5.56 Å². The summed E-state index contributed by atoms with van der Waals surface area (Å²) in [6.07, 6.45) is -7.06. The van der Waals surface area contributed by atoms with Gasteiger partial charge in [-0.3, -0.25) is 0 Å². The van der Waals surface area contributed by atoms with Crippen molar-refractivity contribution in [1.29, 1.82) is 0 Å². The molecule has 1 N–H and O–H groups in total. The van der Waals surface area contributed by atoms with Crippen molar-refractivity contribution < 1.29 is 17.6 Å². The second-order valence-electron chi connectivity index (χ2n) is 2.80. The summed E-state index contributed by atoms with van der Waals surface area (Å²) in [6, 6.07) is 8.16. The zero-order valence-electron chi connectivity index (χ0n) is 7.18. The highest BCUT2D eigenvalue weighted by molar-refractivity contribution is 5.15. The van der Waals surface area contributed by atoms with Gasteiger partial charge in [-0.25, -0.2) is 4.39 Å². The van der Waals surface area contributed by atoms with Crippen molar-refractivity contribution >= 4 is 0 Å². The predicted molar refractivity (Wildman–Crippen MR) is 44.2 cm³/mol. The van der Waals surface area contributed by atoms with Gasteiger partial charge in [0.25, 0.3) is 0 Å². The molecule has 0 saturated heterocycles. The molecule has 1 nitrogen and oxygen atoms in total. The number of hydrogen-bond acceptors (Lipinski definition) is 1. The molecule has 1 atom stereocenters. The Hall–Kier alpha value is -1.10. The SMILES string of the molecule is FC(Cc1ccccc1)NC(F)(F)F. The molecule has 0 spiro atoms. The lowest BCUT2D eigenvalue weighted by Crippen LogP contribution is -2.39. The fourth-order valence-electron chi connectivity index (χ4n) is 1.05. The van der Waals surface area contributed by atoms with Crippen LogP contribution in [0.25, 0.3) is 0 Å². The lowest BCUT2D eigenvalue weighted by Gasteiger charge is -2.12. The third kappa shape index (κ3) is 4.23. The molecule has 14 heavy (non-hydrogen) atoms. The Kier molecular flexibility index (Phi) is 3.46. The van der Waals surface area contributed by atoms with Crippen molar-refractivity contribution in [3.8, 4) is 0 Å². The molecule has 78 valence electrons. The van der Waals surface area contributed by atoms with E-state index in [0.717, 1.165) is 5.32 Å². The summed E-state index contributed by atoms with van der Waals surface area (Å²) in [4.78, 5) is 0. The van der Waals surface area contributed by atoms with Crippen molar-refractivity contribution in [2.24, 2.45) is 0 Å². The maximum Gasteiger partial charge on any atom is 0.459 e. The molecule has 0 saturated carbocycles. The van der Waals surface area contributed by atoms with Crippen LogP contribution >= 0.6 is 0 Å². The quantitative estimate of drug-likeness (QED) is 0.593. The maximum absolute atomic E-state index is 12.8. The molecule has 1 aromatic carbocycles. The second-order valence-corrected chi connectivity index (χ2v) is 2.80. The van der Waals surface area contributed by atoms with E-state index in [0.29, 0.717) is 5.56 Å². The van der Waals surface area contributed by atoms with Crippen molar-refractivity contribution in [2.75, 3.05) is 0 Å². The molecule has 0 radical (unpaired) electrons. The Balaban J connectivity index is 2.46. The van der Waals surface area contributed by atoms with Gasteiger partial charge in [-0.2, -0.15) is 18.5 Å². The summed E-state index contributed by atoms with van der Waals surface area (Å²) in [5.41, 5.74) is 0.525. The number of halogens is 4. The van der Waals surface area contributed by atoms with E-state index >= 15 is 0 Å². The fraction of sp³-hybridized carbons (Fsp3) is 0.333. The van der Waals surface area contributed by atoms with Gasteiger partial charge in [0.15, 0.2) is 6.30 Å². The van der Waals surface area contributed by atoms with Crippen LogP contribution in [0, 0.1) is 0 Å². The van der Waals surface area contributed by atoms with Crippen LogP contribution in [0.3, 0.4) is 0 Å². The number of benzene rings is 1. The highest BCUT2D eigenvalue weighted by Gasteiger charge is 2.30. The summed E-state index contributed by atoms with van der Waals surface area (Å²) >= 11 is 0. The minimum Gasteiger partial charge on any atom is -0.230 e. The standard InChI is InChI=1S/C9H9F4N/c10-8(14-9(11,12)13)6-7-4-2-1-3-5-7/h1-5,8,14H,6H2. The first kappa shape index (κ1) is 11.0. The average Bonchev–Trinajstić information content (AvgIpc) is 2.02. The Morgan fingerprint density at radius 2 is 1.71 bits per heavy atom. The Morgan fingerprint density at radius 3 is 2.21 bits per heavy atom. The molecule has 0 aliphatic heterocycles. The van der Waals surface area contributed by atoms with E-state index in [1.165, 1.54) is 0 Å². The largest absolute Gasteiger partial charge is 0.459 e. The highest BCUT2D eigenvalue weighted by Crippen LogP contribution is 2.13. The Labute approximate surface area is 78.7 Å². The van der Waals surface area contributed by atoms with Gasteiger partial charge in [0.1, 0.15) is 0 Å². The number of nitrogens with one attached hydrogen (secondary N) is 1. The first-order chi connectivity index (χ1) is 6.47. The van der Waals surface area contributed by atoms with Crippen LogP contribution in [0.2, 0.25) is 0 Å². The smallest absolute Gasteiger partial charge is 0.230 e. The van der Waals surface area contributed by atoms with Gasteiger partial charge in [0, 0.05) is 6.42 Å². The van der Waals surface area contributed by atoms with Crippen LogP contribution < -0.4 is 5.32 Å². The minimum atomic E-state index is -4.67. The molecule has 1 unspecified atom stereocenters. The summed E-state index contributed by atoms with van der Waals surface area (Å²) in [7, 11) is 0. The van der Waals surface area contributed by atoms with Crippen LogP contribution in [0.15, 0.2) is 30.3 Å². The topological polar surface area (TPSA) is 12.0 Å². The average molecular weight is 207 g/mol. The molecule has 5 heteroatoms. The van der Waals surface area contributed by atoms with Crippen molar-refractivity contribution in [3.63, 3.8) is 0 Å². The molecule has 0 bridgehead atoms. The predicted octanol–water partition coefficient (Wildman–Crippen LogP) is 2.63. The van der Waals surface area contributed by atoms with E-state index in [1.54, 1.807) is 30.3 Å². The van der Waals surface area contributed by atoms with Gasteiger partial charge in [0.05, 0.1) is 0 Å². The summed E-state index contributed by atoms with van der Waals surface area (Å²) < 4.78 is 47.7. The zero-order chi connectivity index (χ0) is 10.6. The van der Waals surface area contributed by atoms with E-state index in [1.807, 2.05) is 0 Å². The van der Waals surface area contributed by atoms with E-state index in [9.17, 15) is 17.6 Å². The van der Waals surface area contributed by atoms with Crippen molar-refractivity contribution in [1.82, 2.24) is 5.32 Å². The molecule has 1 rings (SSSR count). The molecule has 1 aromatic rings. The van der Waals surface area contributed by atoms with Crippen molar-refractivity contribution in [2.45, 2.75) is 19.0 Å². The third-order valence-electron chi connectivity index (χ3n) is 1.58. The normalized spacial score (nSPS) is 14.0. The van der Waals surface area contributed by atoms with Gasteiger partial charge in [-0.1, -0.05) is 30.3 Å². The van der Waals surface area contributed by atoms with Crippen molar-refractivity contribution in [3.05, 3.63) is 35.9 Å². The van der Waals surface area contributed by atoms with Gasteiger partial charge < -0.3 is 0 Å². The molecule has 0 fully saturated rings. The fourth-order valence-corrected chi connectivity index (χ4v) is 1.05. The number of hydrogen-bond donors (Lipinski definition) is 1. The lowest BCUT2D eigenvalue weighted by molar-refractivity contribution is -0.173. The monoisotopic (exact) mass is 207 g/mol. The molecule has 0 aromatic heterocycles. The van der Waals surface area contributed by atoms with Crippen LogP contribution in [-0.2, 0) is 6.42 Å². The molecular formula is C9H9F4N. The number of alkyl halides is 4. The van der Waals surface area contributed by atoms with E-state index in [2.05, 4.69) is 0 Å². The molecule has 0 amide bonds. The van der Waals surface area contributed by atoms with Gasteiger partial charge in [0.2, 0.25) is 0 Å². The van der Waals surface area contributed by atoms with E-state index in [4.69, 9.17) is 0 Å². The summed E-state index contributed by atoms with van der Waals surface area (Å²) in [5.74, 6) is 0.